The summed E-state index contributed by atoms with van der Waals surface area (Å²) in [5.41, 5.74) is 7.29. The van der Waals surface area contributed by atoms with E-state index in [1.54, 1.807) is 24.1 Å². The lowest BCUT2D eigenvalue weighted by Gasteiger charge is -2.24. The molecule has 4 rings (SSSR count). The number of benzene rings is 1. The third kappa shape index (κ3) is 2.99. The maximum absolute atomic E-state index is 14.1. The first kappa shape index (κ1) is 18.4. The Morgan fingerprint density at radius 2 is 2.07 bits per heavy atom. The van der Waals surface area contributed by atoms with Gasteiger partial charge in [0.2, 0.25) is 0 Å². The molecule has 1 aliphatic rings. The first-order chi connectivity index (χ1) is 13.5. The molecule has 0 aliphatic carbocycles. The number of amides is 2. The summed E-state index contributed by atoms with van der Waals surface area (Å²) in [7, 11) is 1.55. The highest BCUT2D eigenvalue weighted by Gasteiger charge is 2.33. The van der Waals surface area contributed by atoms with E-state index in [1.807, 2.05) is 12.1 Å². The second kappa shape index (κ2) is 7.20. The summed E-state index contributed by atoms with van der Waals surface area (Å²) in [6.45, 7) is 0.549. The van der Waals surface area contributed by atoms with Crippen molar-refractivity contribution in [3.63, 3.8) is 0 Å². The van der Waals surface area contributed by atoms with Crippen LogP contribution in [0.3, 0.4) is 0 Å². The van der Waals surface area contributed by atoms with Crippen LogP contribution in [0.2, 0.25) is 0 Å². The number of aromatic nitrogens is 1. The van der Waals surface area contributed by atoms with E-state index in [-0.39, 0.29) is 23.4 Å². The first-order valence-corrected chi connectivity index (χ1v) is 9.79. The number of thiophene rings is 1. The molecule has 3 N–H and O–H groups in total. The highest BCUT2D eigenvalue weighted by molar-refractivity contribution is 7.21. The molecule has 3 aromatic rings. The van der Waals surface area contributed by atoms with Gasteiger partial charge < -0.3 is 16.0 Å². The highest BCUT2D eigenvalue weighted by Crippen LogP contribution is 2.37. The van der Waals surface area contributed by atoms with Crippen molar-refractivity contribution >= 4 is 39.1 Å². The fourth-order valence-electron chi connectivity index (χ4n) is 3.59. The Morgan fingerprint density at radius 1 is 1.29 bits per heavy atom. The van der Waals surface area contributed by atoms with E-state index in [4.69, 9.17) is 5.73 Å². The standard InChI is InChI=1S/C20H19FN4O2S/c1-23-18(26)17-16(22)12-8-9-14(24-19(12)28-17)15-7-4-10-25(15)20(27)11-5-2-3-6-13(11)21/h2-3,5-6,8-9,15H,4,7,10,22H2,1H3,(H,23,26)/t15-/m0/s1. The zero-order valence-corrected chi connectivity index (χ0v) is 16.1. The van der Waals surface area contributed by atoms with Crippen LogP contribution in [0.1, 0.15) is 44.6 Å². The van der Waals surface area contributed by atoms with Gasteiger partial charge in [-0.2, -0.15) is 0 Å². The van der Waals surface area contributed by atoms with E-state index in [9.17, 15) is 14.0 Å². The normalized spacial score (nSPS) is 16.5. The van der Waals surface area contributed by atoms with Crippen LogP contribution < -0.4 is 11.1 Å². The fraction of sp³-hybridized carbons (Fsp3) is 0.250. The minimum Gasteiger partial charge on any atom is -0.397 e. The Morgan fingerprint density at radius 3 is 2.82 bits per heavy atom. The number of nitrogens with zero attached hydrogens (tertiary/aromatic N) is 2. The summed E-state index contributed by atoms with van der Waals surface area (Å²) in [5.74, 6) is -1.11. The molecule has 144 valence electrons. The highest BCUT2D eigenvalue weighted by atomic mass is 32.1. The Hall–Kier alpha value is -3.00. The number of anilines is 1. The molecule has 0 unspecified atom stereocenters. The molecular weight excluding hydrogens is 379 g/mol. The van der Waals surface area contributed by atoms with Crippen molar-refractivity contribution in [2.45, 2.75) is 18.9 Å². The van der Waals surface area contributed by atoms with E-state index >= 15 is 0 Å². The number of carbonyl (C=O) groups excluding carboxylic acids is 2. The lowest BCUT2D eigenvalue weighted by molar-refractivity contribution is 0.0728. The van der Waals surface area contributed by atoms with Crippen LogP contribution in [0, 0.1) is 5.82 Å². The van der Waals surface area contributed by atoms with Gasteiger partial charge in [-0.15, -0.1) is 11.3 Å². The molecule has 3 heterocycles. The molecule has 1 aliphatic heterocycles. The Labute approximate surface area is 165 Å². The van der Waals surface area contributed by atoms with E-state index in [0.29, 0.717) is 21.9 Å². The summed E-state index contributed by atoms with van der Waals surface area (Å²) in [6, 6.07) is 9.44. The second-order valence-corrected chi connectivity index (χ2v) is 7.65. The quantitative estimate of drug-likeness (QED) is 0.708. The zero-order valence-electron chi connectivity index (χ0n) is 15.2. The lowest BCUT2D eigenvalue weighted by Crippen LogP contribution is -2.31. The summed E-state index contributed by atoms with van der Waals surface area (Å²) in [4.78, 5) is 32.3. The van der Waals surface area contributed by atoms with Crippen molar-refractivity contribution in [1.29, 1.82) is 0 Å². The Balaban J connectivity index is 1.69. The number of halogens is 1. The Kier molecular flexibility index (Phi) is 4.72. The predicted octanol–water partition coefficient (Wildman–Crippen LogP) is 3.35. The smallest absolute Gasteiger partial charge is 0.263 e. The van der Waals surface area contributed by atoms with Gasteiger partial charge in [0.1, 0.15) is 15.5 Å². The van der Waals surface area contributed by atoms with Gasteiger partial charge in [-0.05, 0) is 37.1 Å². The van der Waals surface area contributed by atoms with Crippen LogP contribution in [0.15, 0.2) is 36.4 Å². The molecule has 28 heavy (non-hydrogen) atoms. The molecule has 1 atom stereocenters. The monoisotopic (exact) mass is 398 g/mol. The average Bonchev–Trinajstić information content (AvgIpc) is 3.32. The maximum Gasteiger partial charge on any atom is 0.263 e. The number of hydrogen-bond donors (Lipinski definition) is 2. The van der Waals surface area contributed by atoms with E-state index in [0.717, 1.165) is 23.9 Å². The first-order valence-electron chi connectivity index (χ1n) is 8.97. The molecule has 8 heteroatoms. The molecule has 6 nitrogen and oxygen atoms in total. The summed E-state index contributed by atoms with van der Waals surface area (Å²) < 4.78 is 14.1. The Bertz CT molecular complexity index is 1080. The van der Waals surface area contributed by atoms with Gasteiger partial charge in [-0.3, -0.25) is 9.59 Å². The molecule has 1 aromatic carbocycles. The van der Waals surface area contributed by atoms with Crippen molar-refractivity contribution in [2.24, 2.45) is 0 Å². The van der Waals surface area contributed by atoms with Crippen LogP contribution in [-0.2, 0) is 0 Å². The molecule has 0 bridgehead atoms. The van der Waals surface area contributed by atoms with Crippen LogP contribution in [-0.4, -0.2) is 35.3 Å². The third-order valence-electron chi connectivity index (χ3n) is 5.01. The van der Waals surface area contributed by atoms with Gasteiger partial charge in [0, 0.05) is 19.0 Å². The van der Waals surface area contributed by atoms with E-state index in [2.05, 4.69) is 10.3 Å². The maximum atomic E-state index is 14.1. The second-order valence-electron chi connectivity index (χ2n) is 6.65. The number of hydrogen-bond acceptors (Lipinski definition) is 5. The molecule has 0 saturated carbocycles. The van der Waals surface area contributed by atoms with E-state index < -0.39 is 5.82 Å². The minimum absolute atomic E-state index is 0.0674. The number of nitrogens with one attached hydrogen (secondary N) is 1. The van der Waals surface area contributed by atoms with Crippen LogP contribution >= 0.6 is 11.3 Å². The number of carbonyl (C=O) groups is 2. The number of nitrogens with two attached hydrogens (primary N) is 1. The number of likely N-dealkylation sites (tertiary alicyclic amines) is 1. The van der Waals surface area contributed by atoms with Gasteiger partial charge in [0.25, 0.3) is 11.8 Å². The number of fused-ring (bicyclic) bond motifs is 1. The van der Waals surface area contributed by atoms with Crippen molar-refractivity contribution in [1.82, 2.24) is 15.2 Å². The molecular formula is C20H19FN4O2S. The summed E-state index contributed by atoms with van der Waals surface area (Å²) in [5, 5.41) is 3.29. The molecule has 0 spiro atoms. The largest absolute Gasteiger partial charge is 0.397 e. The molecule has 1 saturated heterocycles. The fourth-order valence-corrected chi connectivity index (χ4v) is 4.63. The zero-order chi connectivity index (χ0) is 19.8. The third-order valence-corrected chi connectivity index (χ3v) is 6.12. The molecule has 1 fully saturated rings. The van der Waals surface area contributed by atoms with Crippen molar-refractivity contribution in [3.05, 3.63) is 58.3 Å². The molecule has 2 aromatic heterocycles. The van der Waals surface area contributed by atoms with Crippen molar-refractivity contribution in [3.8, 4) is 0 Å². The van der Waals surface area contributed by atoms with Gasteiger partial charge in [0.15, 0.2) is 0 Å². The topological polar surface area (TPSA) is 88.3 Å². The van der Waals surface area contributed by atoms with Gasteiger partial charge >= 0.3 is 0 Å². The average molecular weight is 398 g/mol. The minimum atomic E-state index is -0.525. The summed E-state index contributed by atoms with van der Waals surface area (Å²) >= 11 is 1.23. The van der Waals surface area contributed by atoms with Gasteiger partial charge in [-0.25, -0.2) is 9.37 Å². The van der Waals surface area contributed by atoms with E-state index in [1.165, 1.54) is 23.5 Å². The molecule has 2 amide bonds. The predicted molar refractivity (Wildman–Crippen MR) is 107 cm³/mol. The van der Waals surface area contributed by atoms with Crippen LogP contribution in [0.4, 0.5) is 10.1 Å². The molecule has 0 radical (unpaired) electrons. The van der Waals surface area contributed by atoms with Crippen molar-refractivity contribution < 1.29 is 14.0 Å². The van der Waals surface area contributed by atoms with Crippen LogP contribution in [0.5, 0.6) is 0 Å². The SMILES string of the molecule is CNC(=O)c1sc2nc([C@@H]3CCCN3C(=O)c3ccccc3F)ccc2c1N. The number of pyridine rings is 1. The number of rotatable bonds is 3. The van der Waals surface area contributed by atoms with Crippen molar-refractivity contribution in [2.75, 3.05) is 19.3 Å². The van der Waals surface area contributed by atoms with Gasteiger partial charge in [0.05, 0.1) is 23.0 Å². The van der Waals surface area contributed by atoms with Gasteiger partial charge in [-0.1, -0.05) is 12.1 Å². The summed E-state index contributed by atoms with van der Waals surface area (Å²) in [6.07, 6.45) is 1.57. The lowest BCUT2D eigenvalue weighted by atomic mass is 10.1. The van der Waals surface area contributed by atoms with Crippen LogP contribution in [0.25, 0.3) is 10.2 Å². The number of nitrogen functional groups attached to an aromatic ring is 1.